The van der Waals surface area contributed by atoms with Gasteiger partial charge in [-0.05, 0) is 194 Å². The number of carboxylic acid groups (broad SMARTS) is 1. The zero-order valence-electron chi connectivity index (χ0n) is 80.6. The van der Waals surface area contributed by atoms with E-state index < -0.39 is 37.3 Å². The molecule has 0 radical (unpaired) electrons. The number of phenols is 1. The number of carboxylic acids is 1. The first kappa shape index (κ1) is 113. The van der Waals surface area contributed by atoms with Crippen LogP contribution in [0.4, 0.5) is 39.8 Å². The fourth-order valence-corrected chi connectivity index (χ4v) is 18.5. The molecule has 676 valence electrons. The van der Waals surface area contributed by atoms with E-state index >= 15 is 0 Å². The van der Waals surface area contributed by atoms with Crippen molar-refractivity contribution in [2.45, 2.75) is 202 Å². The number of aliphatic imine (C=N–C) groups is 7. The third-order valence-corrected chi connectivity index (χ3v) is 28.8. The van der Waals surface area contributed by atoms with Gasteiger partial charge in [-0.2, -0.15) is 18.2 Å². The third kappa shape index (κ3) is 26.7. The number of aromatic hydroxyl groups is 1. The number of methoxy groups -OCH3 is 1. The van der Waals surface area contributed by atoms with Gasteiger partial charge in [0.2, 0.25) is 0 Å². The molecular weight excluding hydrogens is 1900 g/mol. The smallest absolute Gasteiger partial charge is 0.242 e. The molecule has 7 aliphatic heterocycles. The van der Waals surface area contributed by atoms with Crippen LogP contribution in [0.1, 0.15) is 204 Å². The maximum Gasteiger partial charge on any atom is 1.00 e. The average Bonchev–Trinajstić information content (AvgIpc) is 1.61. The van der Waals surface area contributed by atoms with Gasteiger partial charge in [0.15, 0.2) is 0 Å². The molecule has 30 heteroatoms. The van der Waals surface area contributed by atoms with Crippen molar-refractivity contribution in [1.82, 2.24) is 9.97 Å². The predicted octanol–water partition coefficient (Wildman–Crippen LogP) is 14.9. The Bertz CT molecular complexity index is 6950. The second-order valence-electron chi connectivity index (χ2n) is 35.5. The van der Waals surface area contributed by atoms with Gasteiger partial charge in [0, 0.05) is 78.2 Å². The number of nitrogens with zero attached hydrogens (tertiary/aromatic N) is 9. The van der Waals surface area contributed by atoms with Gasteiger partial charge >= 0.3 is 246 Å². The molecule has 0 aliphatic carbocycles. The number of phenolic OH excluding ortho intramolecular Hbond substituents is 1. The number of aromatic nitrogens is 2. The minimum Gasteiger partial charge on any atom is -0.242 e. The van der Waals surface area contributed by atoms with Gasteiger partial charge in [-0.3, -0.25) is 34.9 Å². The van der Waals surface area contributed by atoms with Crippen LogP contribution in [0.3, 0.4) is 0 Å². The summed E-state index contributed by atoms with van der Waals surface area (Å²) in [6.45, 7) is 48.6. The minimum atomic E-state index is -4.48. The Kier molecular flexibility index (Phi) is 39.5. The van der Waals surface area contributed by atoms with Crippen LogP contribution in [0.5, 0.6) is 11.5 Å². The first-order chi connectivity index (χ1) is 60.7. The van der Waals surface area contributed by atoms with E-state index in [2.05, 4.69) is 260 Å². The van der Waals surface area contributed by atoms with Crippen molar-refractivity contribution in [3.8, 4) is 11.5 Å². The van der Waals surface area contributed by atoms with Gasteiger partial charge in [-0.25, -0.2) is 18.2 Å². The summed E-state index contributed by atoms with van der Waals surface area (Å²) >= 11 is 2.25. The topological polar surface area (TPSA) is 339 Å². The van der Waals surface area contributed by atoms with Crippen molar-refractivity contribution >= 4 is 184 Å². The van der Waals surface area contributed by atoms with Crippen LogP contribution < -0.4 is 159 Å². The Morgan fingerprint density at radius 2 is 0.842 bits per heavy atom. The average molecular weight is 2000 g/mol. The number of para-hydroxylation sites is 3. The van der Waals surface area contributed by atoms with Gasteiger partial charge in [-0.1, -0.05) is 164 Å². The summed E-state index contributed by atoms with van der Waals surface area (Å²) in [5.74, 6) is 0.330. The largest absolute Gasteiger partial charge is 1.00 e. The second kappa shape index (κ2) is 46.5. The molecule has 2 N–H and O–H groups in total. The van der Waals surface area contributed by atoms with Gasteiger partial charge < -0.3 is 19.5 Å². The van der Waals surface area contributed by atoms with E-state index in [1.807, 2.05) is 120 Å². The zero-order valence-corrected chi connectivity index (χ0v) is 94.9. The van der Waals surface area contributed by atoms with Gasteiger partial charge in [0.05, 0.1) is 66.5 Å². The molecule has 9 heterocycles. The molecular formula is C103H108K3N9O13S4Se. The number of aryl methyl sites for hydroxylation is 2. The molecule has 13 aromatic rings. The Balaban J connectivity index is 0.000000203. The van der Waals surface area contributed by atoms with E-state index in [1.165, 1.54) is 87.1 Å². The molecule has 0 saturated carbocycles. The second-order valence-corrected chi connectivity index (χ2v) is 41.6. The fourth-order valence-electron chi connectivity index (χ4n) is 15.4. The summed E-state index contributed by atoms with van der Waals surface area (Å²) < 4.78 is 93.5. The van der Waals surface area contributed by atoms with E-state index in [0.29, 0.717) is 25.8 Å². The molecule has 0 bridgehead atoms. The van der Waals surface area contributed by atoms with E-state index in [9.17, 15) is 22.9 Å². The summed E-state index contributed by atoms with van der Waals surface area (Å²) in [5.41, 5.74) is 25.9. The maximum atomic E-state index is 11.2. The van der Waals surface area contributed by atoms with Gasteiger partial charge in [0.1, 0.15) is 11.5 Å². The normalized spacial score (nSPS) is 15.5. The van der Waals surface area contributed by atoms with Crippen LogP contribution in [-0.2, 0) is 69.2 Å². The van der Waals surface area contributed by atoms with Gasteiger partial charge in [-0.15, -0.1) is 83.3 Å². The van der Waals surface area contributed by atoms with Gasteiger partial charge in [0.25, 0.3) is 0 Å². The van der Waals surface area contributed by atoms with Crippen LogP contribution >= 0.6 is 11.3 Å². The van der Waals surface area contributed by atoms with Crippen molar-refractivity contribution in [3.63, 3.8) is 0 Å². The quantitative estimate of drug-likeness (QED) is 0.0943. The number of hydrogen-bond donors (Lipinski definition) is 2. The first-order valence-electron chi connectivity index (χ1n) is 41.8. The number of thiazole rings is 1. The summed E-state index contributed by atoms with van der Waals surface area (Å²) in [5, 5.41) is 23.6. The number of benzene rings is 11. The number of hydrogen-bond acceptors (Lipinski definition) is 22. The number of fused-ring (bicyclic) bond motifs is 13. The van der Waals surface area contributed by atoms with Crippen molar-refractivity contribution in [2.24, 2.45) is 34.9 Å². The third-order valence-electron chi connectivity index (χ3n) is 25.0. The molecule has 0 spiro atoms. The first-order valence-corrected chi connectivity index (χ1v) is 47.7. The molecule has 0 unspecified atom stereocenters. The van der Waals surface area contributed by atoms with Crippen LogP contribution in [-0.4, -0.2) is 126 Å². The van der Waals surface area contributed by atoms with Crippen molar-refractivity contribution in [3.05, 3.63) is 272 Å². The zero-order chi connectivity index (χ0) is 95.9. The molecule has 0 saturated heterocycles. The molecule has 7 aliphatic rings. The standard InChI is InChI=1S/C15H14NO3S.C15H15N.C12H13NO2.C12H15NO.C11H13NO.C11H13N.C11H12N.C8H7NS.C8H7NSe.3K.2O3S/c1-9-15(2,3)14-12-8-11(20(17,18)19)6-4-10(12)5-7-13(14)16-9;1-10-15(2,3)14-12-7-5-4-6-11(12)8-9-13(14)16-10;1-7-12(2,3)9-6-8(11(14)15)4-5-10(9)13-7;1-8-12(2,3)10-7-9(14-4)5-6-11(10)13-8;1-7-11(2,3)9-6-8(13)4-5-10(9)12-7;2*1-8-11(2,3)9-6-4-5-7-10(9)12-8;2*1-6-9-7-4-2-3-5-8(7)10-6;;;;2*1-4(2)3/h5-8H,1-3H3,(H,17,18,19);4-9H,1-3H3;4-6H,1-3H3,(H,14,15);5-7H,1-4H3;4-6,13H,1-3H3;4-7H,1-3H3;5-7H,1-3H3;2*2-5H,1H3;;;;;/q-1;;;;;;-1;;;3*+1;;/p-1. The number of carbonyl (C=O) groups is 1. The molecule has 11 aromatic carbocycles. The van der Waals surface area contributed by atoms with E-state index in [4.69, 9.17) is 35.1 Å². The number of aromatic carboxylic acids is 1. The minimum absolute atomic E-state index is 0. The maximum absolute atomic E-state index is 11.2. The Labute approximate surface area is 921 Å². The Morgan fingerprint density at radius 3 is 1.35 bits per heavy atom. The monoisotopic (exact) mass is 2000 g/mol. The summed E-state index contributed by atoms with van der Waals surface area (Å²) in [7, 11) is -9.01. The molecule has 22 nitrogen and oxygen atoms in total. The molecule has 0 atom stereocenters. The van der Waals surface area contributed by atoms with E-state index in [1.54, 1.807) is 48.8 Å². The summed E-state index contributed by atoms with van der Waals surface area (Å²) in [6.07, 6.45) is 0. The predicted molar refractivity (Wildman–Crippen MR) is 529 cm³/mol. The Morgan fingerprint density at radius 1 is 0.429 bits per heavy atom. The summed E-state index contributed by atoms with van der Waals surface area (Å²) in [4.78, 5) is 51.0. The van der Waals surface area contributed by atoms with Crippen LogP contribution in [0.2, 0.25) is 0 Å². The molecule has 133 heavy (non-hydrogen) atoms. The molecule has 2 aromatic heterocycles. The summed E-state index contributed by atoms with van der Waals surface area (Å²) in [6, 6.07) is 72.6. The fraction of sp³-hybridized carbons (Fsp3) is 0.301. The van der Waals surface area contributed by atoms with Crippen LogP contribution in [0.25, 0.3) is 41.5 Å². The van der Waals surface area contributed by atoms with Crippen molar-refractivity contribution < 1.29 is 212 Å². The number of rotatable bonds is 3. The van der Waals surface area contributed by atoms with Crippen LogP contribution in [0, 0.1) is 26.0 Å². The molecule has 20 rings (SSSR count). The van der Waals surface area contributed by atoms with E-state index in [0.717, 1.165) is 101 Å². The Hall–Kier alpha value is -7.16. The van der Waals surface area contributed by atoms with Crippen molar-refractivity contribution in [1.29, 1.82) is 0 Å². The van der Waals surface area contributed by atoms with E-state index in [-0.39, 0.29) is 197 Å². The molecule has 0 amide bonds. The molecule has 0 fully saturated rings. The van der Waals surface area contributed by atoms with Crippen LogP contribution in [0.15, 0.2) is 246 Å². The van der Waals surface area contributed by atoms with Crippen molar-refractivity contribution in [2.75, 3.05) is 7.11 Å². The number of ether oxygens (including phenoxy) is 1. The SMILES string of the molecule is CC1=Nc2cc[c-]cc2C1(C)C.CC1=Nc2ccc(C(=O)O)cc2C1(C)C.CC1=Nc2ccc(O)cc2C1(C)C.CC1=Nc2ccc3[c-]cc(S(=O)(=O)[O-])cc3c2C1(C)C.CC1=Nc2ccc3ccccc3c2C1(C)C.CC1=Nc2ccccc2C1(C)C.COc1ccc2c(c1)C(C)(C)C(C)=N2.Cc1nc2ccccc2[se]1.Cc1nc2ccccc2s1.O=S(=O)=O.O=S(=O)=O.[K+].[K+].[K+].